The Kier molecular flexibility index (Phi) is 2.44. The van der Waals surface area contributed by atoms with Gasteiger partial charge in [-0.05, 0) is 18.1 Å². The summed E-state index contributed by atoms with van der Waals surface area (Å²) in [6.45, 7) is 0.593. The van der Waals surface area contributed by atoms with Crippen LogP contribution < -0.4 is 10.6 Å². The van der Waals surface area contributed by atoms with E-state index in [-0.39, 0.29) is 12.4 Å². The highest BCUT2D eigenvalue weighted by molar-refractivity contribution is 6.07. The van der Waals surface area contributed by atoms with Gasteiger partial charge in [-0.3, -0.25) is 14.9 Å². The summed E-state index contributed by atoms with van der Waals surface area (Å²) < 4.78 is 0. The number of nitrogens with zero attached hydrogens (tertiary/aromatic N) is 4. The number of aromatic amines is 1. The Morgan fingerprint density at radius 3 is 2.84 bits per heavy atom. The predicted octanol–water partition coefficient (Wildman–Crippen LogP) is -1.99. The molecule has 100 valence electrons. The number of carbonyl (C=O) groups excluding carboxylic acids is 3. The number of likely N-dealkylation sites (tertiary alicyclic amines) is 1. The maximum Gasteiger partial charge on any atom is 0.322 e. The zero-order valence-corrected chi connectivity index (χ0v) is 9.84. The van der Waals surface area contributed by atoms with Crippen molar-refractivity contribution in [2.75, 3.05) is 13.1 Å². The van der Waals surface area contributed by atoms with E-state index in [1.165, 1.54) is 4.90 Å². The Balaban J connectivity index is 1.80. The molecule has 3 rings (SSSR count). The second-order valence-corrected chi connectivity index (χ2v) is 4.56. The van der Waals surface area contributed by atoms with Crippen LogP contribution in [0.5, 0.6) is 0 Å². The van der Waals surface area contributed by atoms with Gasteiger partial charge >= 0.3 is 6.03 Å². The monoisotopic (exact) mass is 265 g/mol. The van der Waals surface area contributed by atoms with E-state index in [0.717, 1.165) is 0 Å². The molecule has 1 atom stereocenters. The van der Waals surface area contributed by atoms with Gasteiger partial charge in [-0.15, -0.1) is 10.2 Å². The number of hydrogen-bond donors (Lipinski definition) is 3. The topological polar surface area (TPSA) is 133 Å². The third-order valence-corrected chi connectivity index (χ3v) is 3.33. The van der Waals surface area contributed by atoms with Gasteiger partial charge in [-0.2, -0.15) is 5.21 Å². The molecule has 0 saturated carbocycles. The Bertz CT molecular complexity index is 542. The summed E-state index contributed by atoms with van der Waals surface area (Å²) in [5.41, 5.74) is -1.03. The van der Waals surface area contributed by atoms with Crippen molar-refractivity contribution >= 4 is 17.8 Å². The number of nitrogens with one attached hydrogen (secondary N) is 3. The standard InChI is InChI=1S/C9H11N7O3/c17-6(5-12-14-15-13-5)16-3-1-2-9(4-16)7(18)10-8(19)11-9/h1-4H2,(H2,10,11,18,19)(H,12,13,14,15). The van der Waals surface area contributed by atoms with E-state index < -0.39 is 23.4 Å². The molecule has 2 fully saturated rings. The van der Waals surface area contributed by atoms with Crippen molar-refractivity contribution in [3.63, 3.8) is 0 Å². The lowest BCUT2D eigenvalue weighted by atomic mass is 9.89. The van der Waals surface area contributed by atoms with Gasteiger partial charge in [0.1, 0.15) is 5.54 Å². The van der Waals surface area contributed by atoms with Gasteiger partial charge in [0.2, 0.25) is 0 Å². The van der Waals surface area contributed by atoms with Gasteiger partial charge in [-0.25, -0.2) is 4.79 Å². The van der Waals surface area contributed by atoms with E-state index in [9.17, 15) is 14.4 Å². The van der Waals surface area contributed by atoms with Crippen molar-refractivity contribution < 1.29 is 14.4 Å². The molecule has 1 aromatic rings. The quantitative estimate of drug-likeness (QED) is 0.504. The van der Waals surface area contributed by atoms with Gasteiger partial charge in [0.25, 0.3) is 17.6 Å². The highest BCUT2D eigenvalue weighted by Gasteiger charge is 2.49. The summed E-state index contributed by atoms with van der Waals surface area (Å²) in [7, 11) is 0. The first kappa shape index (κ1) is 11.6. The van der Waals surface area contributed by atoms with E-state index in [1.54, 1.807) is 0 Å². The highest BCUT2D eigenvalue weighted by atomic mass is 16.2. The number of urea groups is 1. The molecule has 3 N–H and O–H groups in total. The van der Waals surface area contributed by atoms with Gasteiger partial charge in [0.05, 0.1) is 6.54 Å². The van der Waals surface area contributed by atoms with Gasteiger partial charge in [-0.1, -0.05) is 0 Å². The number of hydrogen-bond acceptors (Lipinski definition) is 6. The molecule has 0 aliphatic carbocycles. The lowest BCUT2D eigenvalue weighted by molar-refractivity contribution is -0.125. The molecule has 1 unspecified atom stereocenters. The van der Waals surface area contributed by atoms with Crippen LogP contribution >= 0.6 is 0 Å². The molecular weight excluding hydrogens is 254 g/mol. The van der Waals surface area contributed by atoms with E-state index in [0.29, 0.717) is 19.4 Å². The highest BCUT2D eigenvalue weighted by Crippen LogP contribution is 2.24. The van der Waals surface area contributed by atoms with Gasteiger partial charge < -0.3 is 10.2 Å². The number of imide groups is 1. The first-order valence-electron chi connectivity index (χ1n) is 5.77. The number of H-pyrrole nitrogens is 1. The van der Waals surface area contributed by atoms with Crippen molar-refractivity contribution in [2.45, 2.75) is 18.4 Å². The average Bonchev–Trinajstić information content (AvgIpc) is 2.99. The maximum absolute atomic E-state index is 12.1. The fourth-order valence-electron chi connectivity index (χ4n) is 2.44. The van der Waals surface area contributed by atoms with Crippen LogP contribution in [0.2, 0.25) is 0 Å². The fourth-order valence-corrected chi connectivity index (χ4v) is 2.44. The predicted molar refractivity (Wildman–Crippen MR) is 58.7 cm³/mol. The zero-order valence-electron chi connectivity index (χ0n) is 9.84. The van der Waals surface area contributed by atoms with Gasteiger partial charge in [0, 0.05) is 6.54 Å². The minimum Gasteiger partial charge on any atom is -0.333 e. The molecule has 4 amide bonds. The van der Waals surface area contributed by atoms with Crippen LogP contribution in [0, 0.1) is 0 Å². The molecule has 3 heterocycles. The molecule has 2 aliphatic heterocycles. The van der Waals surface area contributed by atoms with Crippen molar-refractivity contribution in [3.05, 3.63) is 5.82 Å². The molecule has 1 spiro atoms. The van der Waals surface area contributed by atoms with Crippen LogP contribution in [0.3, 0.4) is 0 Å². The van der Waals surface area contributed by atoms with E-state index in [1.807, 2.05) is 0 Å². The molecular formula is C9H11N7O3. The molecule has 19 heavy (non-hydrogen) atoms. The normalized spacial score (nSPS) is 26.4. The number of aromatic nitrogens is 4. The third-order valence-electron chi connectivity index (χ3n) is 3.33. The summed E-state index contributed by atoms with van der Waals surface area (Å²) in [6.07, 6.45) is 1.11. The Morgan fingerprint density at radius 2 is 2.21 bits per heavy atom. The minimum absolute atomic E-state index is 0.0539. The first-order chi connectivity index (χ1) is 9.11. The van der Waals surface area contributed by atoms with Crippen LogP contribution in [0.4, 0.5) is 4.79 Å². The molecule has 0 radical (unpaired) electrons. The molecule has 10 heteroatoms. The fraction of sp³-hybridized carbons (Fsp3) is 0.556. The smallest absolute Gasteiger partial charge is 0.322 e. The van der Waals surface area contributed by atoms with Crippen LogP contribution in [0.25, 0.3) is 0 Å². The number of piperidine rings is 1. The molecule has 2 aliphatic rings. The minimum atomic E-state index is -1.03. The van der Waals surface area contributed by atoms with Crippen LogP contribution in [-0.4, -0.2) is 62.0 Å². The number of carbonyl (C=O) groups is 3. The molecule has 2 saturated heterocycles. The largest absolute Gasteiger partial charge is 0.333 e. The van der Waals surface area contributed by atoms with Crippen molar-refractivity contribution in [1.29, 1.82) is 0 Å². The summed E-state index contributed by atoms with van der Waals surface area (Å²) in [6, 6.07) is -0.529. The Hall–Kier alpha value is -2.52. The molecule has 1 aromatic heterocycles. The summed E-state index contributed by atoms with van der Waals surface area (Å²) >= 11 is 0. The molecule has 0 aromatic carbocycles. The zero-order chi connectivity index (χ0) is 13.5. The van der Waals surface area contributed by atoms with E-state index in [4.69, 9.17) is 0 Å². The Morgan fingerprint density at radius 1 is 1.37 bits per heavy atom. The van der Waals surface area contributed by atoms with E-state index in [2.05, 4.69) is 31.3 Å². The summed E-state index contributed by atoms with van der Waals surface area (Å²) in [4.78, 5) is 36.6. The number of amides is 4. The van der Waals surface area contributed by atoms with Crippen LogP contribution in [0.1, 0.15) is 23.5 Å². The maximum atomic E-state index is 12.1. The van der Waals surface area contributed by atoms with E-state index >= 15 is 0 Å². The Labute approximate surface area is 106 Å². The second-order valence-electron chi connectivity index (χ2n) is 4.56. The van der Waals surface area contributed by atoms with Gasteiger partial charge in [0.15, 0.2) is 0 Å². The first-order valence-corrected chi connectivity index (χ1v) is 5.77. The SMILES string of the molecule is O=C1NC(=O)C2(CCCN(C(=O)c3nn[nH]n3)C2)N1. The summed E-state index contributed by atoms with van der Waals surface area (Å²) in [5.74, 6) is -0.869. The molecule has 0 bridgehead atoms. The molecule has 10 nitrogen and oxygen atoms in total. The number of tetrazole rings is 1. The second kappa shape index (κ2) is 4.00. The van der Waals surface area contributed by atoms with Crippen molar-refractivity contribution in [2.24, 2.45) is 0 Å². The number of rotatable bonds is 1. The lowest BCUT2D eigenvalue weighted by Gasteiger charge is -2.37. The lowest BCUT2D eigenvalue weighted by Crippen LogP contribution is -2.59. The van der Waals surface area contributed by atoms with Crippen LogP contribution in [0.15, 0.2) is 0 Å². The van der Waals surface area contributed by atoms with Crippen LogP contribution in [-0.2, 0) is 4.79 Å². The average molecular weight is 265 g/mol. The van der Waals surface area contributed by atoms with Crippen molar-refractivity contribution in [3.8, 4) is 0 Å². The summed E-state index contributed by atoms with van der Waals surface area (Å²) in [5, 5.41) is 17.5. The van der Waals surface area contributed by atoms with Crippen molar-refractivity contribution in [1.82, 2.24) is 36.2 Å². The third kappa shape index (κ3) is 1.80.